The van der Waals surface area contributed by atoms with Crippen LogP contribution in [0.4, 0.5) is 0 Å². The van der Waals surface area contributed by atoms with Crippen molar-refractivity contribution in [3.05, 3.63) is 23.7 Å². The number of carbonyl (C=O) groups excluding carboxylic acids is 1. The number of furan rings is 1. The highest BCUT2D eigenvalue weighted by molar-refractivity contribution is 5.89. The minimum absolute atomic E-state index is 0.158. The summed E-state index contributed by atoms with van der Waals surface area (Å²) in [5.41, 5.74) is 5.12. The first-order valence-corrected chi connectivity index (χ1v) is 6.43. The summed E-state index contributed by atoms with van der Waals surface area (Å²) in [4.78, 5) is 15.3. The van der Waals surface area contributed by atoms with Crippen LogP contribution in [-0.4, -0.2) is 25.0 Å². The van der Waals surface area contributed by atoms with Crippen molar-refractivity contribution in [2.75, 3.05) is 13.1 Å². The number of amides is 1. The number of nitrogens with zero attached hydrogens (tertiary/aromatic N) is 1. The number of primary amides is 1. The van der Waals surface area contributed by atoms with Crippen molar-refractivity contribution in [1.29, 1.82) is 0 Å². The number of hydrogen-bond donors (Lipinski definition) is 3. The predicted molar refractivity (Wildman–Crippen MR) is 74.9 cm³/mol. The molecule has 0 aliphatic carbocycles. The molecule has 0 aliphatic heterocycles. The van der Waals surface area contributed by atoms with Crippen molar-refractivity contribution in [3.63, 3.8) is 0 Å². The highest BCUT2D eigenvalue weighted by Gasteiger charge is 2.06. The number of nitrogens with one attached hydrogen (secondary N) is 2. The molecule has 0 spiro atoms. The maximum atomic E-state index is 10.9. The summed E-state index contributed by atoms with van der Waals surface area (Å²) in [6.07, 6.45) is 0. The van der Waals surface area contributed by atoms with Gasteiger partial charge in [-0.05, 0) is 25.0 Å². The molecular weight excluding hydrogens is 244 g/mol. The Balaban J connectivity index is 2.60. The summed E-state index contributed by atoms with van der Waals surface area (Å²) in [6.45, 7) is 8.25. The monoisotopic (exact) mass is 266 g/mol. The smallest absolute Gasteiger partial charge is 0.284 e. The van der Waals surface area contributed by atoms with Crippen LogP contribution in [0.15, 0.2) is 21.5 Å². The molecule has 6 heteroatoms. The zero-order valence-corrected chi connectivity index (χ0v) is 11.7. The van der Waals surface area contributed by atoms with Crippen molar-refractivity contribution >= 4 is 11.9 Å². The fourth-order valence-corrected chi connectivity index (χ4v) is 1.39. The Labute approximate surface area is 113 Å². The topological polar surface area (TPSA) is 92.6 Å². The first-order chi connectivity index (χ1) is 9.02. The van der Waals surface area contributed by atoms with E-state index in [0.717, 1.165) is 19.0 Å². The van der Waals surface area contributed by atoms with Gasteiger partial charge < -0.3 is 20.8 Å². The van der Waals surface area contributed by atoms with E-state index in [0.29, 0.717) is 18.2 Å². The van der Waals surface area contributed by atoms with E-state index in [1.807, 2.05) is 6.92 Å². The molecule has 0 aromatic carbocycles. The second-order valence-electron chi connectivity index (χ2n) is 4.60. The number of hydrogen-bond acceptors (Lipinski definition) is 3. The fraction of sp³-hybridized carbons (Fsp3) is 0.538. The van der Waals surface area contributed by atoms with Gasteiger partial charge in [0, 0.05) is 13.1 Å². The van der Waals surface area contributed by atoms with Gasteiger partial charge in [0.25, 0.3) is 5.91 Å². The summed E-state index contributed by atoms with van der Waals surface area (Å²) in [5.74, 6) is 1.46. The number of rotatable bonds is 6. The molecule has 0 atom stereocenters. The van der Waals surface area contributed by atoms with Crippen molar-refractivity contribution in [2.45, 2.75) is 27.3 Å². The van der Waals surface area contributed by atoms with Crippen LogP contribution in [0.1, 0.15) is 37.1 Å². The average molecular weight is 266 g/mol. The Bertz CT molecular complexity index is 438. The van der Waals surface area contributed by atoms with Crippen LogP contribution < -0.4 is 16.4 Å². The van der Waals surface area contributed by atoms with Gasteiger partial charge in [-0.1, -0.05) is 13.8 Å². The normalized spacial score (nSPS) is 11.7. The van der Waals surface area contributed by atoms with Crippen LogP contribution in [0.25, 0.3) is 0 Å². The lowest BCUT2D eigenvalue weighted by Gasteiger charge is -2.12. The molecule has 0 aliphatic rings. The third-order valence-corrected chi connectivity index (χ3v) is 2.32. The summed E-state index contributed by atoms with van der Waals surface area (Å²) < 4.78 is 5.26. The molecule has 4 N–H and O–H groups in total. The minimum Gasteiger partial charge on any atom is -0.454 e. The van der Waals surface area contributed by atoms with E-state index in [1.165, 1.54) is 0 Å². The minimum atomic E-state index is -0.569. The third-order valence-electron chi connectivity index (χ3n) is 2.32. The van der Waals surface area contributed by atoms with Gasteiger partial charge in [-0.2, -0.15) is 0 Å². The molecular formula is C13H22N4O2. The maximum Gasteiger partial charge on any atom is 0.284 e. The number of carbonyl (C=O) groups is 1. The van der Waals surface area contributed by atoms with Crippen molar-refractivity contribution in [3.8, 4) is 0 Å². The molecule has 1 heterocycles. The SMILES string of the molecule is CCNC(=NCc1ccc(C(N)=O)o1)NCC(C)C. The quantitative estimate of drug-likeness (QED) is 0.531. The maximum absolute atomic E-state index is 10.9. The second-order valence-corrected chi connectivity index (χ2v) is 4.60. The highest BCUT2D eigenvalue weighted by Crippen LogP contribution is 2.08. The molecule has 6 nitrogen and oxygen atoms in total. The molecule has 1 amide bonds. The van der Waals surface area contributed by atoms with Gasteiger partial charge in [-0.25, -0.2) is 4.99 Å². The van der Waals surface area contributed by atoms with Crippen LogP contribution >= 0.6 is 0 Å². The van der Waals surface area contributed by atoms with Gasteiger partial charge in [0.1, 0.15) is 12.3 Å². The first-order valence-electron chi connectivity index (χ1n) is 6.43. The van der Waals surface area contributed by atoms with Crippen LogP contribution in [0, 0.1) is 5.92 Å². The Morgan fingerprint density at radius 2 is 2.16 bits per heavy atom. The first kappa shape index (κ1) is 15.1. The Morgan fingerprint density at radius 1 is 1.42 bits per heavy atom. The van der Waals surface area contributed by atoms with Crippen molar-refractivity contribution in [1.82, 2.24) is 10.6 Å². The molecule has 0 saturated carbocycles. The van der Waals surface area contributed by atoms with E-state index in [4.69, 9.17) is 10.2 Å². The van der Waals surface area contributed by atoms with Crippen LogP contribution in [0.2, 0.25) is 0 Å². The zero-order chi connectivity index (χ0) is 14.3. The predicted octanol–water partition coefficient (Wildman–Crippen LogP) is 1.09. The lowest BCUT2D eigenvalue weighted by Crippen LogP contribution is -2.39. The Hall–Kier alpha value is -1.98. The van der Waals surface area contributed by atoms with E-state index in [9.17, 15) is 4.79 Å². The van der Waals surface area contributed by atoms with Gasteiger partial charge in [0.15, 0.2) is 11.7 Å². The number of guanidine groups is 1. The zero-order valence-electron chi connectivity index (χ0n) is 11.7. The van der Waals surface area contributed by atoms with Gasteiger partial charge in [-0.15, -0.1) is 0 Å². The average Bonchev–Trinajstić information content (AvgIpc) is 2.81. The Morgan fingerprint density at radius 3 is 2.68 bits per heavy atom. The van der Waals surface area contributed by atoms with E-state index in [2.05, 4.69) is 29.5 Å². The second kappa shape index (κ2) is 7.45. The molecule has 1 aromatic rings. The van der Waals surface area contributed by atoms with Gasteiger partial charge in [0.2, 0.25) is 0 Å². The molecule has 0 bridgehead atoms. The van der Waals surface area contributed by atoms with Crippen LogP contribution in [-0.2, 0) is 6.54 Å². The molecule has 0 unspecified atom stereocenters. The number of nitrogens with two attached hydrogens (primary N) is 1. The molecule has 0 saturated heterocycles. The van der Waals surface area contributed by atoms with Crippen molar-refractivity contribution < 1.29 is 9.21 Å². The summed E-state index contributed by atoms with van der Waals surface area (Å²) >= 11 is 0. The standard InChI is InChI=1S/C13H22N4O2/c1-4-15-13(16-7-9(2)3)17-8-10-5-6-11(19-10)12(14)18/h5-6,9H,4,7-8H2,1-3H3,(H2,14,18)(H2,15,16,17). The summed E-state index contributed by atoms with van der Waals surface area (Å²) in [6, 6.07) is 3.26. The van der Waals surface area contributed by atoms with Crippen molar-refractivity contribution in [2.24, 2.45) is 16.6 Å². The van der Waals surface area contributed by atoms with Crippen LogP contribution in [0.3, 0.4) is 0 Å². The van der Waals surface area contributed by atoms with Gasteiger partial charge in [0.05, 0.1) is 0 Å². The molecule has 0 radical (unpaired) electrons. The Kier molecular flexibility index (Phi) is 5.92. The summed E-state index contributed by atoms with van der Waals surface area (Å²) in [5, 5.41) is 6.37. The lowest BCUT2D eigenvalue weighted by molar-refractivity contribution is 0.0972. The lowest BCUT2D eigenvalue weighted by atomic mass is 10.2. The van der Waals surface area contributed by atoms with E-state index < -0.39 is 5.91 Å². The number of aliphatic imine (C=N–C) groups is 1. The third kappa shape index (κ3) is 5.46. The molecule has 19 heavy (non-hydrogen) atoms. The molecule has 106 valence electrons. The van der Waals surface area contributed by atoms with Gasteiger partial charge >= 0.3 is 0 Å². The summed E-state index contributed by atoms with van der Waals surface area (Å²) in [7, 11) is 0. The molecule has 1 rings (SSSR count). The van der Waals surface area contributed by atoms with E-state index >= 15 is 0 Å². The van der Waals surface area contributed by atoms with Crippen LogP contribution in [0.5, 0.6) is 0 Å². The molecule has 1 aromatic heterocycles. The van der Waals surface area contributed by atoms with E-state index in [-0.39, 0.29) is 5.76 Å². The molecule has 0 fully saturated rings. The fourth-order valence-electron chi connectivity index (χ4n) is 1.39. The highest BCUT2D eigenvalue weighted by atomic mass is 16.3. The van der Waals surface area contributed by atoms with Gasteiger partial charge in [-0.3, -0.25) is 4.79 Å². The van der Waals surface area contributed by atoms with E-state index in [1.54, 1.807) is 12.1 Å². The largest absolute Gasteiger partial charge is 0.454 e.